The molecular formula is C12H13BrN2O. The second kappa shape index (κ2) is 4.82. The number of hydrazine groups is 1. The lowest BCUT2D eigenvalue weighted by atomic mass is 10.0. The van der Waals surface area contributed by atoms with Crippen LogP contribution in [-0.4, -0.2) is 0 Å². The topological polar surface area (TPSA) is 51.2 Å². The normalized spacial score (nSPS) is 12.7. The molecule has 0 bridgehead atoms. The van der Waals surface area contributed by atoms with Gasteiger partial charge in [0, 0.05) is 10.0 Å². The highest BCUT2D eigenvalue weighted by Gasteiger charge is 2.16. The fraction of sp³-hybridized carbons (Fsp3) is 0.167. The van der Waals surface area contributed by atoms with Crippen molar-refractivity contribution in [1.29, 1.82) is 0 Å². The largest absolute Gasteiger partial charge is 0.472 e. The Balaban J connectivity index is 2.41. The molecule has 2 aromatic rings. The van der Waals surface area contributed by atoms with Gasteiger partial charge in [-0.15, -0.1) is 0 Å². The van der Waals surface area contributed by atoms with Gasteiger partial charge in [-0.3, -0.25) is 5.84 Å². The van der Waals surface area contributed by atoms with Gasteiger partial charge in [-0.05, 0) is 30.2 Å². The van der Waals surface area contributed by atoms with Crippen LogP contribution in [0.4, 0.5) is 0 Å². The molecule has 0 fully saturated rings. The molecule has 0 saturated heterocycles. The quantitative estimate of drug-likeness (QED) is 0.672. The lowest BCUT2D eigenvalue weighted by Gasteiger charge is -2.16. The second-order valence-electron chi connectivity index (χ2n) is 3.68. The maximum absolute atomic E-state index is 5.59. The molecule has 0 amide bonds. The third kappa shape index (κ3) is 2.19. The number of rotatable bonds is 3. The molecule has 0 aliphatic carbocycles. The Kier molecular flexibility index (Phi) is 3.43. The van der Waals surface area contributed by atoms with Gasteiger partial charge >= 0.3 is 0 Å². The van der Waals surface area contributed by atoms with Gasteiger partial charge < -0.3 is 4.42 Å². The highest BCUT2D eigenvalue weighted by molar-refractivity contribution is 9.10. The van der Waals surface area contributed by atoms with E-state index >= 15 is 0 Å². The molecule has 1 unspecified atom stereocenters. The Bertz CT molecular complexity index is 468. The number of aryl methyl sites for hydroxylation is 1. The zero-order chi connectivity index (χ0) is 11.5. The van der Waals surface area contributed by atoms with Gasteiger partial charge in [-0.25, -0.2) is 5.43 Å². The van der Waals surface area contributed by atoms with E-state index < -0.39 is 0 Å². The molecule has 2 rings (SSSR count). The standard InChI is InChI=1S/C12H13BrN2O/c1-8-2-3-10(11(13)6-8)12(15-14)9-4-5-16-7-9/h2-7,12,15H,14H2,1H3. The SMILES string of the molecule is Cc1ccc(C(NN)c2ccoc2)c(Br)c1. The number of hydrogen-bond donors (Lipinski definition) is 2. The summed E-state index contributed by atoms with van der Waals surface area (Å²) in [5, 5.41) is 0. The fourth-order valence-corrected chi connectivity index (χ4v) is 2.39. The molecule has 1 aromatic heterocycles. The smallest absolute Gasteiger partial charge is 0.0954 e. The van der Waals surface area contributed by atoms with E-state index in [9.17, 15) is 0 Å². The van der Waals surface area contributed by atoms with Crippen LogP contribution in [0.5, 0.6) is 0 Å². The van der Waals surface area contributed by atoms with Gasteiger partial charge in [0.15, 0.2) is 0 Å². The average molecular weight is 281 g/mol. The minimum absolute atomic E-state index is 0.0614. The summed E-state index contributed by atoms with van der Waals surface area (Å²) in [6.07, 6.45) is 3.33. The lowest BCUT2D eigenvalue weighted by molar-refractivity contribution is 0.553. The molecule has 0 aliphatic rings. The van der Waals surface area contributed by atoms with Crippen molar-refractivity contribution in [1.82, 2.24) is 5.43 Å². The van der Waals surface area contributed by atoms with Crippen molar-refractivity contribution in [2.45, 2.75) is 13.0 Å². The van der Waals surface area contributed by atoms with Crippen molar-refractivity contribution in [3.8, 4) is 0 Å². The molecular weight excluding hydrogens is 268 g/mol. The van der Waals surface area contributed by atoms with Crippen molar-refractivity contribution in [3.05, 3.63) is 58.0 Å². The van der Waals surface area contributed by atoms with Gasteiger partial charge in [-0.2, -0.15) is 0 Å². The van der Waals surface area contributed by atoms with E-state index in [-0.39, 0.29) is 6.04 Å². The Morgan fingerprint density at radius 2 is 2.19 bits per heavy atom. The van der Waals surface area contributed by atoms with Crippen LogP contribution in [-0.2, 0) is 0 Å². The molecule has 1 atom stereocenters. The first-order valence-electron chi connectivity index (χ1n) is 4.96. The monoisotopic (exact) mass is 280 g/mol. The summed E-state index contributed by atoms with van der Waals surface area (Å²) < 4.78 is 6.11. The van der Waals surface area contributed by atoms with E-state index in [0.29, 0.717) is 0 Å². The summed E-state index contributed by atoms with van der Waals surface area (Å²) in [5.41, 5.74) is 6.10. The molecule has 1 aromatic carbocycles. The van der Waals surface area contributed by atoms with Crippen LogP contribution in [0.15, 0.2) is 45.7 Å². The van der Waals surface area contributed by atoms with Crippen LogP contribution in [0.2, 0.25) is 0 Å². The minimum Gasteiger partial charge on any atom is -0.472 e. The first kappa shape index (κ1) is 11.4. The summed E-state index contributed by atoms with van der Waals surface area (Å²) in [7, 11) is 0. The van der Waals surface area contributed by atoms with Gasteiger partial charge in [0.2, 0.25) is 0 Å². The molecule has 84 valence electrons. The van der Waals surface area contributed by atoms with Gasteiger partial charge in [-0.1, -0.05) is 28.1 Å². The number of nitrogens with two attached hydrogens (primary N) is 1. The molecule has 3 nitrogen and oxygen atoms in total. The minimum atomic E-state index is -0.0614. The maximum atomic E-state index is 5.59. The van der Waals surface area contributed by atoms with E-state index in [2.05, 4.69) is 46.5 Å². The van der Waals surface area contributed by atoms with E-state index in [1.165, 1.54) is 5.56 Å². The van der Waals surface area contributed by atoms with Crippen LogP contribution in [0.1, 0.15) is 22.7 Å². The first-order valence-corrected chi connectivity index (χ1v) is 5.76. The highest BCUT2D eigenvalue weighted by atomic mass is 79.9. The predicted octanol–water partition coefficient (Wildman–Crippen LogP) is 2.90. The fourth-order valence-electron chi connectivity index (χ4n) is 1.67. The number of furan rings is 1. The average Bonchev–Trinajstić information content (AvgIpc) is 2.75. The summed E-state index contributed by atoms with van der Waals surface area (Å²) in [6.45, 7) is 2.05. The summed E-state index contributed by atoms with van der Waals surface area (Å²) in [6, 6.07) is 8.02. The maximum Gasteiger partial charge on any atom is 0.0954 e. The van der Waals surface area contributed by atoms with Crippen molar-refractivity contribution in [3.63, 3.8) is 0 Å². The molecule has 0 aliphatic heterocycles. The molecule has 0 saturated carbocycles. The molecule has 1 heterocycles. The Morgan fingerprint density at radius 1 is 1.38 bits per heavy atom. The van der Waals surface area contributed by atoms with Crippen LogP contribution < -0.4 is 11.3 Å². The molecule has 4 heteroatoms. The van der Waals surface area contributed by atoms with Crippen LogP contribution in [0, 0.1) is 6.92 Å². The van der Waals surface area contributed by atoms with Gasteiger partial charge in [0.1, 0.15) is 0 Å². The van der Waals surface area contributed by atoms with E-state index in [1.807, 2.05) is 6.07 Å². The highest BCUT2D eigenvalue weighted by Crippen LogP contribution is 2.28. The van der Waals surface area contributed by atoms with E-state index in [4.69, 9.17) is 10.3 Å². The molecule has 3 N–H and O–H groups in total. The third-order valence-corrected chi connectivity index (χ3v) is 3.20. The van der Waals surface area contributed by atoms with Crippen molar-refractivity contribution in [2.75, 3.05) is 0 Å². The predicted molar refractivity (Wildman–Crippen MR) is 66.8 cm³/mol. The molecule has 0 spiro atoms. The number of halogens is 1. The Labute approximate surface area is 103 Å². The zero-order valence-electron chi connectivity index (χ0n) is 8.91. The number of nitrogens with one attached hydrogen (secondary N) is 1. The second-order valence-corrected chi connectivity index (χ2v) is 4.54. The molecule has 0 radical (unpaired) electrons. The summed E-state index contributed by atoms with van der Waals surface area (Å²) >= 11 is 3.55. The Hall–Kier alpha value is -1.10. The lowest BCUT2D eigenvalue weighted by Crippen LogP contribution is -2.28. The first-order chi connectivity index (χ1) is 7.72. The van der Waals surface area contributed by atoms with Crippen LogP contribution in [0.25, 0.3) is 0 Å². The third-order valence-electron chi connectivity index (χ3n) is 2.51. The Morgan fingerprint density at radius 3 is 2.75 bits per heavy atom. The molecule has 16 heavy (non-hydrogen) atoms. The summed E-state index contributed by atoms with van der Waals surface area (Å²) in [4.78, 5) is 0. The van der Waals surface area contributed by atoms with Gasteiger partial charge in [0.05, 0.1) is 18.6 Å². The van der Waals surface area contributed by atoms with Crippen molar-refractivity contribution >= 4 is 15.9 Å². The van der Waals surface area contributed by atoms with Crippen LogP contribution in [0.3, 0.4) is 0 Å². The van der Waals surface area contributed by atoms with Crippen molar-refractivity contribution in [2.24, 2.45) is 5.84 Å². The number of hydrogen-bond acceptors (Lipinski definition) is 3. The van der Waals surface area contributed by atoms with Crippen LogP contribution >= 0.6 is 15.9 Å². The van der Waals surface area contributed by atoms with Crippen molar-refractivity contribution < 1.29 is 4.42 Å². The van der Waals surface area contributed by atoms with Gasteiger partial charge in [0.25, 0.3) is 0 Å². The van der Waals surface area contributed by atoms with E-state index in [1.54, 1.807) is 12.5 Å². The number of benzene rings is 1. The van der Waals surface area contributed by atoms with E-state index in [0.717, 1.165) is 15.6 Å². The summed E-state index contributed by atoms with van der Waals surface area (Å²) in [5.74, 6) is 5.59. The zero-order valence-corrected chi connectivity index (χ0v) is 10.5.